The summed E-state index contributed by atoms with van der Waals surface area (Å²) in [6.45, 7) is 0. The van der Waals surface area contributed by atoms with Crippen molar-refractivity contribution in [3.05, 3.63) is 71.5 Å². The molecule has 126 valence electrons. The van der Waals surface area contributed by atoms with Crippen molar-refractivity contribution >= 4 is 34.8 Å². The maximum Gasteiger partial charge on any atom is 0.274 e. The lowest BCUT2D eigenvalue weighted by molar-refractivity contribution is 0.102. The number of halogens is 1. The van der Waals surface area contributed by atoms with Crippen LogP contribution in [0.5, 0.6) is 5.75 Å². The van der Waals surface area contributed by atoms with Crippen LogP contribution in [0.1, 0.15) is 10.5 Å². The Hall–Kier alpha value is -3.12. The van der Waals surface area contributed by atoms with Gasteiger partial charge in [-0.3, -0.25) is 4.79 Å². The van der Waals surface area contributed by atoms with Gasteiger partial charge < -0.3 is 15.4 Å². The largest absolute Gasteiger partial charge is 0.495 e. The molecule has 1 heterocycles. The number of para-hydroxylation sites is 1. The van der Waals surface area contributed by atoms with Crippen molar-refractivity contribution in [1.29, 1.82) is 0 Å². The second-order valence-electron chi connectivity index (χ2n) is 5.06. The molecule has 25 heavy (non-hydrogen) atoms. The number of anilines is 3. The number of carbonyl (C=O) groups is 1. The van der Waals surface area contributed by atoms with Gasteiger partial charge in [-0.25, -0.2) is 9.97 Å². The summed E-state index contributed by atoms with van der Waals surface area (Å²) >= 11 is 5.98. The summed E-state index contributed by atoms with van der Waals surface area (Å²) in [6.07, 6.45) is 1.52. The van der Waals surface area contributed by atoms with Gasteiger partial charge in [0.05, 0.1) is 12.8 Å². The van der Waals surface area contributed by atoms with Crippen molar-refractivity contribution in [3.63, 3.8) is 0 Å². The number of methoxy groups -OCH3 is 1. The third-order valence-electron chi connectivity index (χ3n) is 3.33. The Morgan fingerprint density at radius 2 is 1.92 bits per heavy atom. The molecule has 3 rings (SSSR count). The summed E-state index contributed by atoms with van der Waals surface area (Å²) in [4.78, 5) is 20.8. The van der Waals surface area contributed by atoms with Gasteiger partial charge in [-0.2, -0.15) is 0 Å². The molecule has 6 nitrogen and oxygen atoms in total. The minimum atomic E-state index is -0.390. The number of nitrogens with one attached hydrogen (secondary N) is 2. The van der Waals surface area contributed by atoms with E-state index in [1.807, 2.05) is 30.3 Å². The van der Waals surface area contributed by atoms with E-state index in [1.165, 1.54) is 19.4 Å². The summed E-state index contributed by atoms with van der Waals surface area (Å²) in [7, 11) is 1.52. The van der Waals surface area contributed by atoms with Gasteiger partial charge in [-0.05, 0) is 36.4 Å². The van der Waals surface area contributed by atoms with E-state index in [4.69, 9.17) is 16.3 Å². The lowest BCUT2D eigenvalue weighted by Gasteiger charge is -2.11. The first-order valence-corrected chi connectivity index (χ1v) is 7.83. The van der Waals surface area contributed by atoms with Gasteiger partial charge in [0.1, 0.15) is 11.4 Å². The Labute approximate surface area is 149 Å². The van der Waals surface area contributed by atoms with Crippen molar-refractivity contribution in [2.75, 3.05) is 17.7 Å². The zero-order valence-electron chi connectivity index (χ0n) is 13.4. The first-order chi connectivity index (χ1) is 12.2. The Kier molecular flexibility index (Phi) is 5.11. The van der Waals surface area contributed by atoms with Gasteiger partial charge >= 0.3 is 0 Å². The molecule has 0 aliphatic rings. The van der Waals surface area contributed by atoms with Crippen molar-refractivity contribution in [1.82, 2.24) is 9.97 Å². The lowest BCUT2D eigenvalue weighted by atomic mass is 10.2. The number of hydrogen-bond donors (Lipinski definition) is 2. The molecule has 0 aliphatic carbocycles. The van der Waals surface area contributed by atoms with Crippen LogP contribution < -0.4 is 15.4 Å². The van der Waals surface area contributed by atoms with Crippen LogP contribution in [0, 0.1) is 0 Å². The molecule has 0 saturated heterocycles. The number of carbonyl (C=O) groups excluding carboxylic acids is 1. The SMILES string of the molecule is COc1ccc(Cl)cc1NC(=O)c1ccnc(Nc2ccccc2)n1. The predicted octanol–water partition coefficient (Wildman–Crippen LogP) is 4.13. The highest BCUT2D eigenvalue weighted by Crippen LogP contribution is 2.28. The average Bonchev–Trinajstić information content (AvgIpc) is 2.63. The molecule has 3 aromatic rings. The van der Waals surface area contributed by atoms with Crippen LogP contribution in [0.15, 0.2) is 60.8 Å². The van der Waals surface area contributed by atoms with E-state index in [0.29, 0.717) is 22.4 Å². The highest BCUT2D eigenvalue weighted by molar-refractivity contribution is 6.31. The summed E-state index contributed by atoms with van der Waals surface area (Å²) < 4.78 is 5.22. The molecule has 7 heteroatoms. The first kappa shape index (κ1) is 16.7. The molecule has 0 atom stereocenters. The Balaban J connectivity index is 1.79. The molecule has 2 N–H and O–H groups in total. The predicted molar refractivity (Wildman–Crippen MR) is 97.7 cm³/mol. The molecule has 2 aromatic carbocycles. The molecule has 1 amide bonds. The highest BCUT2D eigenvalue weighted by Gasteiger charge is 2.12. The van der Waals surface area contributed by atoms with E-state index in [2.05, 4.69) is 20.6 Å². The van der Waals surface area contributed by atoms with Crippen LogP contribution >= 0.6 is 11.6 Å². The van der Waals surface area contributed by atoms with Crippen molar-refractivity contribution in [2.45, 2.75) is 0 Å². The standard InChI is InChI=1S/C18H15ClN4O2/c1-25-16-8-7-12(19)11-15(16)22-17(24)14-9-10-20-18(23-14)21-13-5-3-2-4-6-13/h2-11H,1H3,(H,22,24)(H,20,21,23). The Morgan fingerprint density at radius 1 is 1.12 bits per heavy atom. The van der Waals surface area contributed by atoms with Gasteiger partial charge in [0.25, 0.3) is 5.91 Å². The molecule has 0 radical (unpaired) electrons. The zero-order valence-corrected chi connectivity index (χ0v) is 14.1. The van der Waals surface area contributed by atoms with E-state index in [9.17, 15) is 4.79 Å². The van der Waals surface area contributed by atoms with Gasteiger partial charge in [-0.1, -0.05) is 29.8 Å². The quantitative estimate of drug-likeness (QED) is 0.720. The third kappa shape index (κ3) is 4.24. The monoisotopic (exact) mass is 354 g/mol. The molecule has 0 fully saturated rings. The Bertz CT molecular complexity index is 887. The van der Waals surface area contributed by atoms with Crippen LogP contribution in [0.2, 0.25) is 5.02 Å². The number of aromatic nitrogens is 2. The van der Waals surface area contributed by atoms with Crippen molar-refractivity contribution in [2.24, 2.45) is 0 Å². The van der Waals surface area contributed by atoms with Gasteiger partial charge in [-0.15, -0.1) is 0 Å². The zero-order chi connectivity index (χ0) is 17.6. The van der Waals surface area contributed by atoms with Crippen LogP contribution in [0.3, 0.4) is 0 Å². The molecule has 0 saturated carbocycles. The fourth-order valence-electron chi connectivity index (χ4n) is 2.16. The van der Waals surface area contributed by atoms with E-state index in [0.717, 1.165) is 5.69 Å². The van der Waals surface area contributed by atoms with E-state index < -0.39 is 0 Å². The molecule has 0 aliphatic heterocycles. The molecule has 0 bridgehead atoms. The van der Waals surface area contributed by atoms with E-state index in [1.54, 1.807) is 18.2 Å². The number of rotatable bonds is 5. The smallest absolute Gasteiger partial charge is 0.274 e. The minimum absolute atomic E-state index is 0.218. The fourth-order valence-corrected chi connectivity index (χ4v) is 2.33. The van der Waals surface area contributed by atoms with Crippen LogP contribution in [-0.4, -0.2) is 23.0 Å². The lowest BCUT2D eigenvalue weighted by Crippen LogP contribution is -2.15. The number of nitrogens with zero attached hydrogens (tertiary/aromatic N) is 2. The number of hydrogen-bond acceptors (Lipinski definition) is 5. The summed E-state index contributed by atoms with van der Waals surface area (Å²) in [5, 5.41) is 6.28. The number of amides is 1. The maximum atomic E-state index is 12.5. The highest BCUT2D eigenvalue weighted by atomic mass is 35.5. The molecular weight excluding hydrogens is 340 g/mol. The fraction of sp³-hybridized carbons (Fsp3) is 0.0556. The number of benzene rings is 2. The average molecular weight is 355 g/mol. The van der Waals surface area contributed by atoms with Gasteiger partial charge in [0.15, 0.2) is 0 Å². The molecular formula is C18H15ClN4O2. The van der Waals surface area contributed by atoms with Crippen LogP contribution in [-0.2, 0) is 0 Å². The van der Waals surface area contributed by atoms with E-state index in [-0.39, 0.29) is 11.6 Å². The van der Waals surface area contributed by atoms with Crippen LogP contribution in [0.4, 0.5) is 17.3 Å². The molecule has 1 aromatic heterocycles. The van der Waals surface area contributed by atoms with Crippen molar-refractivity contribution < 1.29 is 9.53 Å². The Morgan fingerprint density at radius 3 is 2.68 bits per heavy atom. The first-order valence-electron chi connectivity index (χ1n) is 7.46. The normalized spacial score (nSPS) is 10.2. The summed E-state index contributed by atoms with van der Waals surface area (Å²) in [5.74, 6) is 0.449. The summed E-state index contributed by atoms with van der Waals surface area (Å²) in [6, 6.07) is 16.0. The molecule has 0 unspecified atom stereocenters. The van der Waals surface area contributed by atoms with Crippen molar-refractivity contribution in [3.8, 4) is 5.75 Å². The van der Waals surface area contributed by atoms with E-state index >= 15 is 0 Å². The minimum Gasteiger partial charge on any atom is -0.495 e. The second-order valence-corrected chi connectivity index (χ2v) is 5.49. The second kappa shape index (κ2) is 7.63. The third-order valence-corrected chi connectivity index (χ3v) is 3.56. The summed E-state index contributed by atoms with van der Waals surface area (Å²) in [5.41, 5.74) is 1.52. The van der Waals surface area contributed by atoms with Gasteiger partial charge in [0.2, 0.25) is 5.95 Å². The van der Waals surface area contributed by atoms with Gasteiger partial charge in [0, 0.05) is 16.9 Å². The maximum absolute atomic E-state index is 12.5. The van der Waals surface area contributed by atoms with Crippen LogP contribution in [0.25, 0.3) is 0 Å². The molecule has 0 spiro atoms. The number of ether oxygens (including phenoxy) is 1. The topological polar surface area (TPSA) is 76.1 Å².